The molecule has 0 atom stereocenters. The highest BCUT2D eigenvalue weighted by Gasteiger charge is 2.10. The first kappa shape index (κ1) is 14.7. The Labute approximate surface area is 109 Å². The lowest BCUT2D eigenvalue weighted by atomic mass is 10.0. The van der Waals surface area contributed by atoms with Crippen LogP contribution in [0, 0.1) is 0 Å². The number of rotatable bonds is 8. The fourth-order valence-electron chi connectivity index (χ4n) is 2.09. The number of aryl methyl sites for hydroxylation is 1. The van der Waals surface area contributed by atoms with E-state index in [0.29, 0.717) is 5.56 Å². The lowest BCUT2D eigenvalue weighted by molar-refractivity contribution is 0.364. The average Bonchev–Trinajstić information content (AvgIpc) is 2.37. The minimum atomic E-state index is -0.407. The summed E-state index contributed by atoms with van der Waals surface area (Å²) >= 11 is 0. The minimum absolute atomic E-state index is 0.180. The van der Waals surface area contributed by atoms with Crippen LogP contribution in [-0.4, -0.2) is 15.3 Å². The van der Waals surface area contributed by atoms with Crippen LogP contribution in [0.3, 0.4) is 0 Å². The highest BCUT2D eigenvalue weighted by Crippen LogP contribution is 2.37. The average molecular weight is 252 g/mol. The molecule has 3 heteroatoms. The summed E-state index contributed by atoms with van der Waals surface area (Å²) in [4.78, 5) is 0. The zero-order chi connectivity index (χ0) is 13.4. The van der Waals surface area contributed by atoms with Gasteiger partial charge in [-0.15, -0.1) is 0 Å². The summed E-state index contributed by atoms with van der Waals surface area (Å²) in [5, 5.41) is 28.2. The van der Waals surface area contributed by atoms with E-state index in [-0.39, 0.29) is 11.5 Å². The van der Waals surface area contributed by atoms with Crippen molar-refractivity contribution in [3.8, 4) is 17.2 Å². The standard InChI is InChI=1S/C15H24O3/c1-2-3-4-5-6-7-8-9-12-10-11-13(16)15(18)14(12)17/h10-11,16-18H,2-9H2,1H3. The molecule has 0 fully saturated rings. The maximum Gasteiger partial charge on any atom is 0.200 e. The van der Waals surface area contributed by atoms with Gasteiger partial charge in [-0.2, -0.15) is 0 Å². The van der Waals surface area contributed by atoms with Crippen LogP contribution >= 0.6 is 0 Å². The first-order chi connectivity index (χ1) is 8.66. The second-order valence-electron chi connectivity index (χ2n) is 4.81. The van der Waals surface area contributed by atoms with Gasteiger partial charge in [-0.3, -0.25) is 0 Å². The maximum atomic E-state index is 9.64. The van der Waals surface area contributed by atoms with E-state index in [1.165, 1.54) is 38.2 Å². The van der Waals surface area contributed by atoms with Crippen LogP contribution in [0.1, 0.15) is 57.4 Å². The number of benzene rings is 1. The Morgan fingerprint density at radius 3 is 2.06 bits per heavy atom. The van der Waals surface area contributed by atoms with Crippen LogP contribution in [0.2, 0.25) is 0 Å². The third kappa shape index (κ3) is 4.47. The minimum Gasteiger partial charge on any atom is -0.504 e. The topological polar surface area (TPSA) is 60.7 Å². The van der Waals surface area contributed by atoms with Gasteiger partial charge in [-0.25, -0.2) is 0 Å². The van der Waals surface area contributed by atoms with Gasteiger partial charge >= 0.3 is 0 Å². The highest BCUT2D eigenvalue weighted by molar-refractivity contribution is 5.53. The molecule has 0 aliphatic heterocycles. The number of aromatic hydroxyl groups is 3. The quantitative estimate of drug-likeness (QED) is 0.482. The molecule has 0 amide bonds. The molecule has 3 nitrogen and oxygen atoms in total. The molecule has 102 valence electrons. The predicted octanol–water partition coefficient (Wildman–Crippen LogP) is 4.10. The van der Waals surface area contributed by atoms with E-state index in [9.17, 15) is 15.3 Å². The lowest BCUT2D eigenvalue weighted by Gasteiger charge is -2.07. The fraction of sp³-hybridized carbons (Fsp3) is 0.600. The summed E-state index contributed by atoms with van der Waals surface area (Å²) in [5.74, 6) is -0.854. The monoisotopic (exact) mass is 252 g/mol. The van der Waals surface area contributed by atoms with Crippen LogP contribution < -0.4 is 0 Å². The Kier molecular flexibility index (Phi) is 6.40. The number of phenolic OH excluding ortho intramolecular Hbond substituents is 3. The molecule has 1 aromatic rings. The molecule has 1 aromatic carbocycles. The largest absolute Gasteiger partial charge is 0.504 e. The van der Waals surface area contributed by atoms with E-state index in [4.69, 9.17) is 0 Å². The first-order valence-electron chi connectivity index (χ1n) is 6.89. The maximum absolute atomic E-state index is 9.64. The number of unbranched alkanes of at least 4 members (excludes halogenated alkanes) is 6. The number of hydrogen-bond donors (Lipinski definition) is 3. The summed E-state index contributed by atoms with van der Waals surface area (Å²) in [6.07, 6.45) is 9.28. The smallest absolute Gasteiger partial charge is 0.200 e. The van der Waals surface area contributed by atoms with E-state index in [1.807, 2.05) is 0 Å². The Hall–Kier alpha value is -1.38. The molecule has 0 saturated carbocycles. The van der Waals surface area contributed by atoms with Gasteiger partial charge in [0.05, 0.1) is 0 Å². The van der Waals surface area contributed by atoms with Crippen LogP contribution in [0.5, 0.6) is 17.2 Å². The van der Waals surface area contributed by atoms with Gasteiger partial charge in [-0.05, 0) is 24.5 Å². The van der Waals surface area contributed by atoms with Crippen molar-refractivity contribution in [3.05, 3.63) is 17.7 Å². The summed E-state index contributed by atoms with van der Waals surface area (Å²) in [6, 6.07) is 3.09. The Morgan fingerprint density at radius 2 is 1.39 bits per heavy atom. The Morgan fingerprint density at radius 1 is 0.778 bits per heavy atom. The van der Waals surface area contributed by atoms with Gasteiger partial charge in [0.2, 0.25) is 5.75 Å². The van der Waals surface area contributed by atoms with E-state index in [0.717, 1.165) is 19.3 Å². The predicted molar refractivity (Wildman–Crippen MR) is 73.1 cm³/mol. The van der Waals surface area contributed by atoms with Gasteiger partial charge in [-0.1, -0.05) is 51.5 Å². The molecule has 0 saturated heterocycles. The lowest BCUT2D eigenvalue weighted by Crippen LogP contribution is -1.88. The molecule has 0 bridgehead atoms. The zero-order valence-corrected chi connectivity index (χ0v) is 11.2. The van der Waals surface area contributed by atoms with E-state index < -0.39 is 5.75 Å². The van der Waals surface area contributed by atoms with E-state index in [1.54, 1.807) is 6.07 Å². The SMILES string of the molecule is CCCCCCCCCc1ccc(O)c(O)c1O. The van der Waals surface area contributed by atoms with Gasteiger partial charge in [0, 0.05) is 0 Å². The van der Waals surface area contributed by atoms with Gasteiger partial charge in [0.25, 0.3) is 0 Å². The molecule has 0 spiro atoms. The normalized spacial score (nSPS) is 10.7. The van der Waals surface area contributed by atoms with Crippen LogP contribution in [0.4, 0.5) is 0 Å². The molecule has 3 N–H and O–H groups in total. The third-order valence-corrected chi connectivity index (χ3v) is 3.26. The van der Waals surface area contributed by atoms with E-state index in [2.05, 4.69) is 6.92 Å². The highest BCUT2D eigenvalue weighted by atomic mass is 16.3. The molecule has 0 heterocycles. The number of hydrogen-bond acceptors (Lipinski definition) is 3. The summed E-state index contributed by atoms with van der Waals surface area (Å²) in [6.45, 7) is 2.21. The van der Waals surface area contributed by atoms with Crippen molar-refractivity contribution in [2.24, 2.45) is 0 Å². The molecular formula is C15H24O3. The van der Waals surface area contributed by atoms with Gasteiger partial charge < -0.3 is 15.3 Å². The third-order valence-electron chi connectivity index (χ3n) is 3.26. The van der Waals surface area contributed by atoms with Crippen molar-refractivity contribution in [2.75, 3.05) is 0 Å². The Balaban J connectivity index is 2.25. The molecule has 18 heavy (non-hydrogen) atoms. The summed E-state index contributed by atoms with van der Waals surface area (Å²) in [5.41, 5.74) is 0.707. The second kappa shape index (κ2) is 7.85. The first-order valence-corrected chi connectivity index (χ1v) is 6.89. The van der Waals surface area contributed by atoms with Crippen LogP contribution in [0.25, 0.3) is 0 Å². The van der Waals surface area contributed by atoms with Gasteiger partial charge in [0.1, 0.15) is 0 Å². The summed E-state index contributed by atoms with van der Waals surface area (Å²) < 4.78 is 0. The molecule has 0 radical (unpaired) electrons. The number of phenols is 3. The zero-order valence-electron chi connectivity index (χ0n) is 11.2. The van der Waals surface area contributed by atoms with Crippen LogP contribution in [-0.2, 0) is 6.42 Å². The van der Waals surface area contributed by atoms with Crippen molar-refractivity contribution in [1.82, 2.24) is 0 Å². The molecule has 1 rings (SSSR count). The summed E-state index contributed by atoms with van der Waals surface area (Å²) in [7, 11) is 0. The van der Waals surface area contributed by atoms with E-state index >= 15 is 0 Å². The van der Waals surface area contributed by atoms with Crippen molar-refractivity contribution >= 4 is 0 Å². The molecule has 0 aliphatic carbocycles. The van der Waals surface area contributed by atoms with Crippen molar-refractivity contribution in [2.45, 2.75) is 58.3 Å². The van der Waals surface area contributed by atoms with Crippen LogP contribution in [0.15, 0.2) is 12.1 Å². The van der Waals surface area contributed by atoms with Crippen molar-refractivity contribution in [1.29, 1.82) is 0 Å². The fourth-order valence-corrected chi connectivity index (χ4v) is 2.09. The molecule has 0 aromatic heterocycles. The molecule has 0 unspecified atom stereocenters. The molecule has 0 aliphatic rings. The Bertz CT molecular complexity index is 361. The van der Waals surface area contributed by atoms with Crippen molar-refractivity contribution < 1.29 is 15.3 Å². The van der Waals surface area contributed by atoms with Crippen molar-refractivity contribution in [3.63, 3.8) is 0 Å². The second-order valence-corrected chi connectivity index (χ2v) is 4.81. The molecular weight excluding hydrogens is 228 g/mol. The van der Waals surface area contributed by atoms with Gasteiger partial charge in [0.15, 0.2) is 11.5 Å².